The van der Waals surface area contributed by atoms with E-state index in [1.807, 2.05) is 0 Å². The van der Waals surface area contributed by atoms with E-state index in [4.69, 9.17) is 10.8 Å². The van der Waals surface area contributed by atoms with Gasteiger partial charge in [-0.05, 0) is 26.0 Å². The minimum absolute atomic E-state index is 0.0863. The van der Waals surface area contributed by atoms with Crippen LogP contribution in [-0.4, -0.2) is 31.7 Å². The first-order chi connectivity index (χ1) is 9.40. The Bertz CT molecular complexity index is 674. The molecule has 0 aromatic carbocycles. The van der Waals surface area contributed by atoms with Crippen LogP contribution in [0.25, 0.3) is 5.82 Å². The molecule has 0 aliphatic rings. The van der Waals surface area contributed by atoms with Gasteiger partial charge in [-0.3, -0.25) is 9.59 Å². The summed E-state index contributed by atoms with van der Waals surface area (Å²) in [5.41, 5.74) is 7.48. The number of carboxylic acids is 1. The Morgan fingerprint density at radius 2 is 2.05 bits per heavy atom. The molecule has 0 atom stereocenters. The highest BCUT2D eigenvalue weighted by molar-refractivity contribution is 5.92. The Balaban J connectivity index is 2.43. The molecule has 0 aliphatic heterocycles. The third-order valence-electron chi connectivity index (χ3n) is 3.02. The maximum absolute atomic E-state index is 11.0. The maximum atomic E-state index is 11.0. The number of pyridine rings is 1. The van der Waals surface area contributed by atoms with Crippen molar-refractivity contribution in [3.63, 3.8) is 0 Å². The fourth-order valence-electron chi connectivity index (χ4n) is 1.96. The van der Waals surface area contributed by atoms with Crippen molar-refractivity contribution >= 4 is 11.9 Å². The number of carboxylic acid groups (broad SMARTS) is 1. The van der Waals surface area contributed by atoms with Crippen LogP contribution in [0.5, 0.6) is 0 Å². The average Bonchev–Trinajstić information content (AvgIpc) is 2.66. The molecule has 104 valence electrons. The molecular formula is C13H14N4O3. The molecule has 2 aromatic heterocycles. The summed E-state index contributed by atoms with van der Waals surface area (Å²) in [5, 5.41) is 13.2. The zero-order valence-electron chi connectivity index (χ0n) is 11.1. The summed E-state index contributed by atoms with van der Waals surface area (Å²) in [6, 6.07) is 3.17. The van der Waals surface area contributed by atoms with Crippen molar-refractivity contribution in [2.75, 3.05) is 0 Å². The first kappa shape index (κ1) is 13.7. The topological polar surface area (TPSA) is 111 Å². The highest BCUT2D eigenvalue weighted by Crippen LogP contribution is 2.17. The number of rotatable bonds is 4. The number of amides is 1. The number of nitrogens with zero attached hydrogens (tertiary/aromatic N) is 3. The predicted molar refractivity (Wildman–Crippen MR) is 70.7 cm³/mol. The Morgan fingerprint density at radius 3 is 2.55 bits per heavy atom. The van der Waals surface area contributed by atoms with Crippen LogP contribution >= 0.6 is 0 Å². The molecule has 20 heavy (non-hydrogen) atoms. The number of carbonyl (C=O) groups is 2. The summed E-state index contributed by atoms with van der Waals surface area (Å²) in [4.78, 5) is 25.9. The van der Waals surface area contributed by atoms with Gasteiger partial charge in [0.2, 0.25) is 5.91 Å². The molecule has 0 aliphatic carbocycles. The van der Waals surface area contributed by atoms with Crippen LogP contribution in [0.4, 0.5) is 0 Å². The zero-order valence-corrected chi connectivity index (χ0v) is 11.1. The third-order valence-corrected chi connectivity index (χ3v) is 3.02. The molecule has 7 nitrogen and oxygen atoms in total. The van der Waals surface area contributed by atoms with Gasteiger partial charge < -0.3 is 10.8 Å². The Labute approximate surface area is 115 Å². The van der Waals surface area contributed by atoms with E-state index >= 15 is 0 Å². The fourth-order valence-corrected chi connectivity index (χ4v) is 1.96. The minimum Gasteiger partial charge on any atom is -0.481 e. The highest BCUT2D eigenvalue weighted by atomic mass is 16.4. The number of aliphatic carboxylic acids is 1. The van der Waals surface area contributed by atoms with E-state index in [0.717, 1.165) is 0 Å². The van der Waals surface area contributed by atoms with Gasteiger partial charge >= 0.3 is 5.97 Å². The lowest BCUT2D eigenvalue weighted by molar-refractivity contribution is -0.136. The molecule has 2 aromatic rings. The molecule has 7 heteroatoms. The summed E-state index contributed by atoms with van der Waals surface area (Å²) in [6.45, 7) is 3.53. The molecule has 0 bridgehead atoms. The van der Waals surface area contributed by atoms with E-state index in [1.54, 1.807) is 30.7 Å². The van der Waals surface area contributed by atoms with Gasteiger partial charge in [-0.15, -0.1) is 0 Å². The molecular weight excluding hydrogens is 260 g/mol. The smallest absolute Gasteiger partial charge is 0.307 e. The minimum atomic E-state index is -0.909. The van der Waals surface area contributed by atoms with E-state index < -0.39 is 11.9 Å². The lowest BCUT2D eigenvalue weighted by atomic mass is 10.1. The molecule has 0 unspecified atom stereocenters. The molecule has 0 saturated carbocycles. The van der Waals surface area contributed by atoms with E-state index in [2.05, 4.69) is 10.1 Å². The van der Waals surface area contributed by atoms with Crippen LogP contribution in [0.15, 0.2) is 18.3 Å². The van der Waals surface area contributed by atoms with E-state index in [9.17, 15) is 9.59 Å². The first-order valence-electron chi connectivity index (χ1n) is 5.93. The lowest BCUT2D eigenvalue weighted by Gasteiger charge is -2.04. The van der Waals surface area contributed by atoms with E-state index in [-0.39, 0.29) is 6.42 Å². The van der Waals surface area contributed by atoms with E-state index in [1.165, 1.54) is 6.20 Å². The Kier molecular flexibility index (Phi) is 3.51. The Hall–Kier alpha value is -2.70. The second-order valence-electron chi connectivity index (χ2n) is 4.40. The van der Waals surface area contributed by atoms with Gasteiger partial charge in [-0.25, -0.2) is 9.67 Å². The molecule has 0 spiro atoms. The van der Waals surface area contributed by atoms with Gasteiger partial charge in [-0.2, -0.15) is 5.10 Å². The number of primary amides is 1. The second kappa shape index (κ2) is 5.12. The molecule has 0 fully saturated rings. The fraction of sp³-hybridized carbons (Fsp3) is 0.231. The average molecular weight is 274 g/mol. The van der Waals surface area contributed by atoms with Crippen molar-refractivity contribution < 1.29 is 14.7 Å². The largest absolute Gasteiger partial charge is 0.481 e. The van der Waals surface area contributed by atoms with Crippen molar-refractivity contribution in [1.29, 1.82) is 0 Å². The number of aryl methyl sites for hydroxylation is 1. The van der Waals surface area contributed by atoms with Gasteiger partial charge in [0, 0.05) is 17.5 Å². The Morgan fingerprint density at radius 1 is 1.35 bits per heavy atom. The standard InChI is InChI=1S/C13H14N4O3/c1-7-10(5-12(18)19)8(2)17(16-7)11-4-3-9(6-15-11)13(14)20/h3-4,6H,5H2,1-2H3,(H2,14,20)(H,18,19). The van der Waals surface area contributed by atoms with Gasteiger partial charge in [0.15, 0.2) is 5.82 Å². The molecule has 2 rings (SSSR count). The summed E-state index contributed by atoms with van der Waals surface area (Å²) in [6.07, 6.45) is 1.28. The van der Waals surface area contributed by atoms with Crippen molar-refractivity contribution in [3.05, 3.63) is 40.8 Å². The van der Waals surface area contributed by atoms with Crippen LogP contribution in [0, 0.1) is 13.8 Å². The third kappa shape index (κ3) is 2.51. The van der Waals surface area contributed by atoms with E-state index in [0.29, 0.717) is 28.3 Å². The normalized spacial score (nSPS) is 10.5. The van der Waals surface area contributed by atoms with Crippen LogP contribution in [0.1, 0.15) is 27.3 Å². The second-order valence-corrected chi connectivity index (χ2v) is 4.40. The monoisotopic (exact) mass is 274 g/mol. The maximum Gasteiger partial charge on any atom is 0.307 e. The lowest BCUT2D eigenvalue weighted by Crippen LogP contribution is -2.12. The van der Waals surface area contributed by atoms with Crippen molar-refractivity contribution in [2.24, 2.45) is 5.73 Å². The van der Waals surface area contributed by atoms with Gasteiger partial charge in [0.05, 0.1) is 17.7 Å². The van der Waals surface area contributed by atoms with Gasteiger partial charge in [0.25, 0.3) is 0 Å². The number of hydrogen-bond acceptors (Lipinski definition) is 4. The number of carbonyl (C=O) groups excluding carboxylic acids is 1. The highest BCUT2D eigenvalue weighted by Gasteiger charge is 2.16. The first-order valence-corrected chi connectivity index (χ1v) is 5.93. The zero-order chi connectivity index (χ0) is 14.9. The van der Waals surface area contributed by atoms with Crippen molar-refractivity contribution in [1.82, 2.24) is 14.8 Å². The molecule has 1 amide bonds. The summed E-state index contributed by atoms with van der Waals surface area (Å²) < 4.78 is 1.55. The summed E-state index contributed by atoms with van der Waals surface area (Å²) >= 11 is 0. The van der Waals surface area contributed by atoms with Crippen LogP contribution in [-0.2, 0) is 11.2 Å². The van der Waals surface area contributed by atoms with Crippen LogP contribution in [0.3, 0.4) is 0 Å². The number of hydrogen-bond donors (Lipinski definition) is 2. The number of nitrogens with two attached hydrogens (primary N) is 1. The van der Waals surface area contributed by atoms with Crippen LogP contribution in [0.2, 0.25) is 0 Å². The van der Waals surface area contributed by atoms with Gasteiger partial charge in [-0.1, -0.05) is 0 Å². The number of aromatic nitrogens is 3. The van der Waals surface area contributed by atoms with Crippen molar-refractivity contribution in [2.45, 2.75) is 20.3 Å². The molecule has 3 N–H and O–H groups in total. The van der Waals surface area contributed by atoms with Crippen LogP contribution < -0.4 is 5.73 Å². The van der Waals surface area contributed by atoms with Crippen molar-refractivity contribution in [3.8, 4) is 5.82 Å². The molecule has 2 heterocycles. The summed E-state index contributed by atoms with van der Waals surface area (Å²) in [5.74, 6) is -0.955. The molecule has 0 radical (unpaired) electrons. The molecule has 0 saturated heterocycles. The van der Waals surface area contributed by atoms with Gasteiger partial charge in [0.1, 0.15) is 0 Å². The summed E-state index contributed by atoms with van der Waals surface area (Å²) in [7, 11) is 0. The predicted octanol–water partition coefficient (Wildman–Crippen LogP) is 0.610. The SMILES string of the molecule is Cc1nn(-c2ccc(C(N)=O)cn2)c(C)c1CC(=O)O. The quantitative estimate of drug-likeness (QED) is 0.848.